The Morgan fingerprint density at radius 2 is 2.33 bits per heavy atom. The summed E-state index contributed by atoms with van der Waals surface area (Å²) in [5.41, 5.74) is 1.14. The first-order valence-electron chi connectivity index (χ1n) is 5.55. The number of allylic oxidation sites excluding steroid dienone is 1. The van der Waals surface area contributed by atoms with Crippen LogP contribution >= 0.6 is 22.6 Å². The van der Waals surface area contributed by atoms with Crippen molar-refractivity contribution < 1.29 is 9.53 Å². The summed E-state index contributed by atoms with van der Waals surface area (Å²) in [7, 11) is 0. The number of carbonyl (C=O) groups is 1. The van der Waals surface area contributed by atoms with Gasteiger partial charge < -0.3 is 4.74 Å². The molecule has 0 aromatic carbocycles. The molecule has 1 aliphatic heterocycles. The van der Waals surface area contributed by atoms with E-state index in [1.165, 1.54) is 5.57 Å². The van der Waals surface area contributed by atoms with E-state index in [1.54, 1.807) is 0 Å². The van der Waals surface area contributed by atoms with Crippen molar-refractivity contribution in [2.75, 3.05) is 0 Å². The molecular weight excluding hydrogens is 303 g/mol. The SMILES string of the molecule is C=C(C)[C@@H]1CC[C@@]2(CCC(=O)O2)[C@@H](I)C1. The van der Waals surface area contributed by atoms with Crippen LogP contribution in [0.25, 0.3) is 0 Å². The number of alkyl halides is 1. The van der Waals surface area contributed by atoms with Crippen molar-refractivity contribution in [1.29, 1.82) is 0 Å². The number of rotatable bonds is 1. The highest BCUT2D eigenvalue weighted by atomic mass is 127. The molecule has 3 atom stereocenters. The van der Waals surface area contributed by atoms with Gasteiger partial charge in [-0.1, -0.05) is 34.7 Å². The van der Waals surface area contributed by atoms with Crippen molar-refractivity contribution in [3.05, 3.63) is 12.2 Å². The van der Waals surface area contributed by atoms with Gasteiger partial charge in [-0.15, -0.1) is 0 Å². The van der Waals surface area contributed by atoms with Gasteiger partial charge in [0.05, 0.1) is 3.92 Å². The molecule has 2 rings (SSSR count). The van der Waals surface area contributed by atoms with Crippen LogP contribution in [-0.2, 0) is 9.53 Å². The summed E-state index contributed by atoms with van der Waals surface area (Å²) in [6.45, 7) is 6.14. The zero-order valence-electron chi connectivity index (χ0n) is 9.09. The van der Waals surface area contributed by atoms with Crippen LogP contribution < -0.4 is 0 Å². The molecule has 0 amide bonds. The van der Waals surface area contributed by atoms with Gasteiger partial charge in [0, 0.05) is 6.42 Å². The topological polar surface area (TPSA) is 26.3 Å². The molecule has 3 heteroatoms. The number of carbonyl (C=O) groups excluding carboxylic acids is 1. The second-order valence-electron chi connectivity index (χ2n) is 4.82. The second-order valence-corrected chi connectivity index (χ2v) is 6.33. The summed E-state index contributed by atoms with van der Waals surface area (Å²) >= 11 is 2.45. The Labute approximate surface area is 105 Å². The highest BCUT2D eigenvalue weighted by molar-refractivity contribution is 14.1. The van der Waals surface area contributed by atoms with Crippen LogP contribution in [0.4, 0.5) is 0 Å². The Bertz CT molecular complexity index is 300. The third-order valence-electron chi connectivity index (χ3n) is 3.74. The summed E-state index contributed by atoms with van der Waals surface area (Å²) in [5.74, 6) is 0.613. The van der Waals surface area contributed by atoms with E-state index >= 15 is 0 Å². The summed E-state index contributed by atoms with van der Waals surface area (Å²) in [6.07, 6.45) is 4.79. The fourth-order valence-electron chi connectivity index (χ4n) is 2.64. The van der Waals surface area contributed by atoms with Gasteiger partial charge in [0.1, 0.15) is 5.60 Å². The van der Waals surface area contributed by atoms with E-state index in [0.717, 1.165) is 25.7 Å². The maximum Gasteiger partial charge on any atom is 0.306 e. The van der Waals surface area contributed by atoms with Crippen LogP contribution in [0, 0.1) is 5.92 Å². The van der Waals surface area contributed by atoms with Crippen molar-refractivity contribution in [1.82, 2.24) is 0 Å². The minimum absolute atomic E-state index is 0.00885. The fraction of sp³-hybridized carbons (Fsp3) is 0.750. The van der Waals surface area contributed by atoms with E-state index in [0.29, 0.717) is 16.3 Å². The van der Waals surface area contributed by atoms with Crippen LogP contribution in [-0.4, -0.2) is 15.5 Å². The average Bonchev–Trinajstić information content (AvgIpc) is 2.54. The predicted molar refractivity (Wildman–Crippen MR) is 68.0 cm³/mol. The molecule has 2 fully saturated rings. The zero-order valence-corrected chi connectivity index (χ0v) is 11.2. The van der Waals surface area contributed by atoms with Crippen LogP contribution in [0.5, 0.6) is 0 Å². The third kappa shape index (κ3) is 2.08. The molecule has 1 saturated heterocycles. The van der Waals surface area contributed by atoms with Gasteiger partial charge in [-0.3, -0.25) is 4.79 Å². The molecule has 0 N–H and O–H groups in total. The lowest BCUT2D eigenvalue weighted by Crippen LogP contribution is -2.43. The van der Waals surface area contributed by atoms with E-state index in [2.05, 4.69) is 36.1 Å². The lowest BCUT2D eigenvalue weighted by Gasteiger charge is -2.40. The van der Waals surface area contributed by atoms with E-state index in [4.69, 9.17) is 4.74 Å². The Hall–Kier alpha value is -0.0600. The molecule has 0 bridgehead atoms. The normalized spacial score (nSPS) is 40.5. The smallest absolute Gasteiger partial charge is 0.306 e. The molecule has 1 aliphatic carbocycles. The largest absolute Gasteiger partial charge is 0.458 e. The van der Waals surface area contributed by atoms with Crippen molar-refractivity contribution in [2.24, 2.45) is 5.92 Å². The highest BCUT2D eigenvalue weighted by Gasteiger charge is 2.48. The Morgan fingerprint density at radius 3 is 2.80 bits per heavy atom. The lowest BCUT2D eigenvalue weighted by molar-refractivity contribution is -0.150. The van der Waals surface area contributed by atoms with Gasteiger partial charge in [0.25, 0.3) is 0 Å². The predicted octanol–water partition coefficient (Wildman–Crippen LogP) is 3.24. The van der Waals surface area contributed by atoms with Crippen molar-refractivity contribution in [3.8, 4) is 0 Å². The number of esters is 1. The minimum atomic E-state index is -0.135. The fourth-order valence-corrected chi connectivity index (χ4v) is 4.01. The molecule has 0 aromatic rings. The standard InChI is InChI=1S/C12H17IO2/c1-8(2)9-3-5-12(10(13)7-9)6-4-11(14)15-12/h9-10H,1,3-7H2,2H3/t9-,10+,12-/m1/s1. The first-order chi connectivity index (χ1) is 7.03. The summed E-state index contributed by atoms with van der Waals surface area (Å²) in [4.78, 5) is 11.2. The maximum absolute atomic E-state index is 11.2. The van der Waals surface area contributed by atoms with Crippen molar-refractivity contribution in [2.45, 2.75) is 48.6 Å². The van der Waals surface area contributed by atoms with E-state index in [9.17, 15) is 4.79 Å². The lowest BCUT2D eigenvalue weighted by atomic mass is 9.75. The van der Waals surface area contributed by atoms with E-state index in [-0.39, 0.29) is 11.6 Å². The van der Waals surface area contributed by atoms with Gasteiger partial charge in [0.2, 0.25) is 0 Å². The number of halogens is 1. The van der Waals surface area contributed by atoms with Gasteiger partial charge in [-0.25, -0.2) is 0 Å². The average molecular weight is 320 g/mol. The van der Waals surface area contributed by atoms with Crippen LogP contribution in [0.1, 0.15) is 39.0 Å². The van der Waals surface area contributed by atoms with Gasteiger partial charge >= 0.3 is 5.97 Å². The third-order valence-corrected chi connectivity index (χ3v) is 5.39. The van der Waals surface area contributed by atoms with Gasteiger partial charge in [0.15, 0.2) is 0 Å². The molecule has 15 heavy (non-hydrogen) atoms. The highest BCUT2D eigenvalue weighted by Crippen LogP contribution is 2.46. The van der Waals surface area contributed by atoms with Gasteiger partial charge in [-0.05, 0) is 38.5 Å². The molecule has 0 unspecified atom stereocenters. The number of ether oxygens (including phenoxy) is 1. The molecule has 1 spiro atoms. The molecular formula is C12H17IO2. The van der Waals surface area contributed by atoms with Gasteiger partial charge in [-0.2, -0.15) is 0 Å². The number of hydrogen-bond acceptors (Lipinski definition) is 2. The summed E-state index contributed by atoms with van der Waals surface area (Å²) in [5, 5.41) is 0. The molecule has 84 valence electrons. The van der Waals surface area contributed by atoms with Crippen molar-refractivity contribution >= 4 is 28.6 Å². The molecule has 1 saturated carbocycles. The summed E-state index contributed by atoms with van der Waals surface area (Å²) < 4.78 is 6.01. The van der Waals surface area contributed by atoms with Crippen LogP contribution in [0.15, 0.2) is 12.2 Å². The summed E-state index contributed by atoms with van der Waals surface area (Å²) in [6, 6.07) is 0. The molecule has 1 heterocycles. The molecule has 0 radical (unpaired) electrons. The Balaban J connectivity index is 2.07. The molecule has 2 nitrogen and oxygen atoms in total. The Kier molecular flexibility index (Phi) is 3.10. The molecule has 2 aliphatic rings. The van der Waals surface area contributed by atoms with E-state index in [1.807, 2.05) is 0 Å². The quantitative estimate of drug-likeness (QED) is 0.321. The second kappa shape index (κ2) is 4.07. The minimum Gasteiger partial charge on any atom is -0.458 e. The number of hydrogen-bond donors (Lipinski definition) is 0. The van der Waals surface area contributed by atoms with E-state index < -0.39 is 0 Å². The first kappa shape index (κ1) is 11.4. The molecule has 0 aromatic heterocycles. The Morgan fingerprint density at radius 1 is 1.60 bits per heavy atom. The first-order valence-corrected chi connectivity index (χ1v) is 6.79. The van der Waals surface area contributed by atoms with Crippen molar-refractivity contribution in [3.63, 3.8) is 0 Å². The monoisotopic (exact) mass is 320 g/mol. The maximum atomic E-state index is 11.2. The zero-order chi connectivity index (χ0) is 11.1. The van der Waals surface area contributed by atoms with Crippen LogP contribution in [0.2, 0.25) is 0 Å². The van der Waals surface area contributed by atoms with Crippen LogP contribution in [0.3, 0.4) is 0 Å².